The van der Waals surface area contributed by atoms with Gasteiger partial charge in [-0.05, 0) is 60.1 Å². The lowest BCUT2D eigenvalue weighted by atomic mass is 9.95. The first-order valence-electron chi connectivity index (χ1n) is 12.6. The third-order valence-corrected chi connectivity index (χ3v) is 6.07. The van der Waals surface area contributed by atoms with Crippen LogP contribution in [0.4, 0.5) is 11.4 Å². The van der Waals surface area contributed by atoms with Crippen molar-refractivity contribution in [2.45, 2.75) is 48.0 Å². The predicted octanol–water partition coefficient (Wildman–Crippen LogP) is 6.97. The molecule has 0 aliphatic rings. The van der Waals surface area contributed by atoms with Crippen LogP contribution in [0.3, 0.4) is 0 Å². The lowest BCUT2D eigenvalue weighted by molar-refractivity contribution is -0.115. The average Bonchev–Trinajstić information content (AvgIpc) is 2.79. The Hall–Kier alpha value is -3.60. The van der Waals surface area contributed by atoms with Crippen LogP contribution in [0.15, 0.2) is 60.7 Å². The summed E-state index contributed by atoms with van der Waals surface area (Å²) in [6.07, 6.45) is 0.267. The molecule has 3 rings (SSSR count). The Labute approximate surface area is 215 Å². The molecule has 0 aliphatic heterocycles. The van der Waals surface area contributed by atoms with Crippen molar-refractivity contribution in [3.8, 4) is 11.1 Å². The lowest BCUT2D eigenvalue weighted by Crippen LogP contribution is -2.32. The first-order valence-corrected chi connectivity index (χ1v) is 12.6. The molecule has 0 radical (unpaired) electrons. The number of nitrogens with zero attached hydrogens (tertiary/aromatic N) is 1. The highest BCUT2D eigenvalue weighted by atomic mass is 16.4. The molecule has 0 fully saturated rings. The molecule has 0 aromatic heterocycles. The van der Waals surface area contributed by atoms with Crippen LogP contribution in [0.5, 0.6) is 0 Å². The number of hydrogen-bond donors (Lipinski definition) is 2. The molecule has 3 aromatic rings. The second kappa shape index (κ2) is 11.9. The maximum absolute atomic E-state index is 13.1. The van der Waals surface area contributed by atoms with E-state index in [0.29, 0.717) is 28.7 Å². The Morgan fingerprint density at radius 2 is 1.53 bits per heavy atom. The Balaban J connectivity index is 2.06. The molecule has 1 amide bonds. The van der Waals surface area contributed by atoms with Crippen LogP contribution >= 0.6 is 0 Å². The van der Waals surface area contributed by atoms with Gasteiger partial charge in [0.25, 0.3) is 0 Å². The largest absolute Gasteiger partial charge is 0.478 e. The second-order valence-electron chi connectivity index (χ2n) is 10.4. The van der Waals surface area contributed by atoms with E-state index in [0.717, 1.165) is 35.5 Å². The number of carboxylic acid groups (broad SMARTS) is 1. The quantitative estimate of drug-likeness (QED) is 0.325. The molecule has 2 N–H and O–H groups in total. The molecule has 0 saturated heterocycles. The van der Waals surface area contributed by atoms with Gasteiger partial charge in [-0.2, -0.15) is 0 Å². The smallest absolute Gasteiger partial charge is 0.336 e. The molecule has 5 nitrogen and oxygen atoms in total. The monoisotopic (exact) mass is 486 g/mol. The summed E-state index contributed by atoms with van der Waals surface area (Å²) in [6.45, 7) is 14.3. The molecular formula is C31H38N2O3. The fourth-order valence-electron chi connectivity index (χ4n) is 4.51. The zero-order valence-electron chi connectivity index (χ0n) is 22.3. The van der Waals surface area contributed by atoms with Crippen molar-refractivity contribution in [3.63, 3.8) is 0 Å². The summed E-state index contributed by atoms with van der Waals surface area (Å²) in [5.74, 6) is -0.183. The van der Waals surface area contributed by atoms with Crippen LogP contribution in [0.1, 0.15) is 54.7 Å². The molecule has 0 spiro atoms. The van der Waals surface area contributed by atoms with Crippen LogP contribution < -0.4 is 10.2 Å². The van der Waals surface area contributed by atoms with Gasteiger partial charge in [0.2, 0.25) is 5.91 Å². The summed E-state index contributed by atoms with van der Waals surface area (Å²) in [6, 6.07) is 19.3. The number of nitrogens with one attached hydrogen (secondary N) is 1. The van der Waals surface area contributed by atoms with Gasteiger partial charge in [0.15, 0.2) is 0 Å². The summed E-state index contributed by atoms with van der Waals surface area (Å²) in [4.78, 5) is 27.5. The van der Waals surface area contributed by atoms with E-state index in [1.807, 2.05) is 61.5 Å². The molecule has 0 atom stereocenters. The third kappa shape index (κ3) is 6.97. The van der Waals surface area contributed by atoms with Gasteiger partial charge in [-0.15, -0.1) is 0 Å². The molecular weight excluding hydrogens is 448 g/mol. The molecule has 0 saturated carbocycles. The van der Waals surface area contributed by atoms with E-state index >= 15 is 0 Å². The van der Waals surface area contributed by atoms with Crippen molar-refractivity contribution in [2.75, 3.05) is 23.3 Å². The van der Waals surface area contributed by atoms with Crippen molar-refractivity contribution in [1.82, 2.24) is 0 Å². The van der Waals surface area contributed by atoms with E-state index in [-0.39, 0.29) is 17.9 Å². The zero-order valence-corrected chi connectivity index (χ0v) is 22.3. The van der Waals surface area contributed by atoms with Gasteiger partial charge in [0.05, 0.1) is 23.4 Å². The standard InChI is InChI=1S/C31H38N2O3/c1-20(2)18-33(19-21(3)4)28-15-14-25(26-9-7-8-23(6)30(26)31(35)36)17-27(28)32-29(34)16-24-12-10-22(5)11-13-24/h7-15,17,20-21H,16,18-19H2,1-6H3,(H,32,34)(H,35,36). The molecule has 5 heteroatoms. The van der Waals surface area contributed by atoms with E-state index in [1.165, 1.54) is 0 Å². The Bertz CT molecular complexity index is 1200. The summed E-state index contributed by atoms with van der Waals surface area (Å²) in [7, 11) is 0. The molecule has 0 heterocycles. The van der Waals surface area contributed by atoms with E-state index in [9.17, 15) is 14.7 Å². The molecule has 0 bridgehead atoms. The average molecular weight is 487 g/mol. The van der Waals surface area contributed by atoms with Gasteiger partial charge in [0, 0.05) is 13.1 Å². The lowest BCUT2D eigenvalue weighted by Gasteiger charge is -2.31. The number of amides is 1. The van der Waals surface area contributed by atoms with Gasteiger partial charge < -0.3 is 15.3 Å². The third-order valence-electron chi connectivity index (χ3n) is 6.07. The Kier molecular flexibility index (Phi) is 8.92. The number of carbonyl (C=O) groups excluding carboxylic acids is 1. The molecule has 0 unspecified atom stereocenters. The normalized spacial score (nSPS) is 11.1. The molecule has 0 aliphatic carbocycles. The topological polar surface area (TPSA) is 69.6 Å². The molecule has 3 aromatic carbocycles. The van der Waals surface area contributed by atoms with E-state index in [2.05, 4.69) is 37.9 Å². The summed E-state index contributed by atoms with van der Waals surface area (Å²) < 4.78 is 0. The van der Waals surface area contributed by atoms with Gasteiger partial charge in [-0.3, -0.25) is 4.79 Å². The number of rotatable bonds is 10. The van der Waals surface area contributed by atoms with Crippen molar-refractivity contribution < 1.29 is 14.7 Å². The molecule has 190 valence electrons. The highest BCUT2D eigenvalue weighted by molar-refractivity contribution is 6.00. The maximum Gasteiger partial charge on any atom is 0.336 e. The molecule has 36 heavy (non-hydrogen) atoms. The highest BCUT2D eigenvalue weighted by Gasteiger charge is 2.20. The number of benzene rings is 3. The van der Waals surface area contributed by atoms with Crippen LogP contribution in [-0.2, 0) is 11.2 Å². The zero-order chi connectivity index (χ0) is 26.4. The summed E-state index contributed by atoms with van der Waals surface area (Å²) >= 11 is 0. The summed E-state index contributed by atoms with van der Waals surface area (Å²) in [5.41, 5.74) is 6.13. The number of hydrogen-bond acceptors (Lipinski definition) is 3. The predicted molar refractivity (Wildman–Crippen MR) is 149 cm³/mol. The van der Waals surface area contributed by atoms with Crippen LogP contribution in [0, 0.1) is 25.7 Å². The van der Waals surface area contributed by atoms with Crippen LogP contribution in [0.2, 0.25) is 0 Å². The van der Waals surface area contributed by atoms with E-state index in [1.54, 1.807) is 13.0 Å². The van der Waals surface area contributed by atoms with Crippen LogP contribution in [0.25, 0.3) is 11.1 Å². The van der Waals surface area contributed by atoms with E-state index < -0.39 is 5.97 Å². The van der Waals surface area contributed by atoms with Crippen molar-refractivity contribution in [1.29, 1.82) is 0 Å². The minimum absolute atomic E-state index is 0.103. The van der Waals surface area contributed by atoms with Gasteiger partial charge >= 0.3 is 5.97 Å². The van der Waals surface area contributed by atoms with E-state index in [4.69, 9.17) is 0 Å². The number of aromatic carboxylic acids is 1. The number of anilines is 2. The minimum Gasteiger partial charge on any atom is -0.478 e. The SMILES string of the molecule is Cc1ccc(CC(=O)Nc2cc(-c3cccc(C)c3C(=O)O)ccc2N(CC(C)C)CC(C)C)cc1. The van der Waals surface area contributed by atoms with Gasteiger partial charge in [-0.25, -0.2) is 4.79 Å². The first kappa shape index (κ1) is 27.0. The highest BCUT2D eigenvalue weighted by Crippen LogP contribution is 2.35. The fraction of sp³-hybridized carbons (Fsp3) is 0.355. The number of carboxylic acids is 1. The number of carbonyl (C=O) groups is 2. The van der Waals surface area contributed by atoms with Gasteiger partial charge in [-0.1, -0.05) is 81.8 Å². The fourth-order valence-corrected chi connectivity index (χ4v) is 4.51. The van der Waals surface area contributed by atoms with Crippen LogP contribution in [-0.4, -0.2) is 30.1 Å². The minimum atomic E-state index is -0.960. The summed E-state index contributed by atoms with van der Waals surface area (Å²) in [5, 5.41) is 13.0. The maximum atomic E-state index is 13.1. The van der Waals surface area contributed by atoms with Crippen molar-refractivity contribution in [2.24, 2.45) is 11.8 Å². The Morgan fingerprint density at radius 1 is 0.889 bits per heavy atom. The van der Waals surface area contributed by atoms with Gasteiger partial charge in [0.1, 0.15) is 0 Å². The first-order chi connectivity index (χ1) is 17.0. The Morgan fingerprint density at radius 3 is 2.11 bits per heavy atom. The van der Waals surface area contributed by atoms with Crippen molar-refractivity contribution >= 4 is 23.3 Å². The number of aryl methyl sites for hydroxylation is 2. The second-order valence-corrected chi connectivity index (χ2v) is 10.4. The van der Waals surface area contributed by atoms with Crippen molar-refractivity contribution in [3.05, 3.63) is 82.9 Å².